The third kappa shape index (κ3) is 4.03. The molecular formula is C9H14ClN3O2S. The molecule has 1 aromatic rings. The summed E-state index contributed by atoms with van der Waals surface area (Å²) in [5.41, 5.74) is 0.599. The van der Waals surface area contributed by atoms with E-state index in [0.717, 1.165) is 11.5 Å². The highest BCUT2D eigenvalue weighted by molar-refractivity contribution is 7.10. The quantitative estimate of drug-likeness (QED) is 0.818. The van der Waals surface area contributed by atoms with Gasteiger partial charge in [0.15, 0.2) is 0 Å². The first-order valence-corrected chi connectivity index (χ1v) is 6.08. The summed E-state index contributed by atoms with van der Waals surface area (Å²) in [6, 6.07) is -0.572. The van der Waals surface area contributed by atoms with Gasteiger partial charge in [-0.2, -0.15) is 0 Å². The van der Waals surface area contributed by atoms with E-state index in [9.17, 15) is 4.79 Å². The molecule has 16 heavy (non-hydrogen) atoms. The van der Waals surface area contributed by atoms with Gasteiger partial charge < -0.3 is 5.11 Å². The lowest BCUT2D eigenvalue weighted by molar-refractivity contribution is -0.140. The normalized spacial score (nSPS) is 13.0. The summed E-state index contributed by atoms with van der Waals surface area (Å²) in [5.74, 6) is -0.536. The molecule has 0 amide bonds. The molecule has 2 N–H and O–H groups in total. The predicted octanol–water partition coefficient (Wildman–Crippen LogP) is 1.78. The molecule has 1 heterocycles. The van der Waals surface area contributed by atoms with Crippen molar-refractivity contribution < 1.29 is 9.90 Å². The maximum absolute atomic E-state index is 11.0. The Hall–Kier alpha value is -0.720. The minimum absolute atomic E-state index is 0.317. The fourth-order valence-corrected chi connectivity index (χ4v) is 1.89. The molecule has 90 valence electrons. The first-order valence-electron chi connectivity index (χ1n) is 4.93. The third-order valence-corrected chi connectivity index (χ3v) is 3.01. The summed E-state index contributed by atoms with van der Waals surface area (Å²) in [7, 11) is 0. The lowest BCUT2D eigenvalue weighted by Crippen LogP contribution is -2.37. The van der Waals surface area contributed by atoms with Crippen molar-refractivity contribution in [3.8, 4) is 0 Å². The second kappa shape index (κ2) is 6.12. The van der Waals surface area contributed by atoms with Gasteiger partial charge in [-0.3, -0.25) is 10.1 Å². The lowest BCUT2D eigenvalue weighted by atomic mass is 10.0. The Morgan fingerprint density at radius 1 is 1.62 bits per heavy atom. The van der Waals surface area contributed by atoms with E-state index in [1.807, 2.05) is 13.8 Å². The standard InChI is InChI=1S/C9H14ClN3O2S/c1-5(2)3-6(9(14)15)11-4-7-8(10)16-13-12-7/h5-6,11H,3-4H2,1-2H3,(H,14,15). The number of aromatic nitrogens is 2. The van der Waals surface area contributed by atoms with Crippen LogP contribution in [-0.2, 0) is 11.3 Å². The molecule has 0 aromatic carbocycles. The summed E-state index contributed by atoms with van der Waals surface area (Å²) in [6.07, 6.45) is 0.574. The van der Waals surface area contributed by atoms with Crippen molar-refractivity contribution in [1.29, 1.82) is 0 Å². The van der Waals surface area contributed by atoms with Gasteiger partial charge in [0, 0.05) is 18.1 Å². The maximum Gasteiger partial charge on any atom is 0.320 e. The van der Waals surface area contributed by atoms with Gasteiger partial charge in [-0.1, -0.05) is 29.9 Å². The summed E-state index contributed by atoms with van der Waals surface area (Å²) in [6.45, 7) is 4.29. The van der Waals surface area contributed by atoms with E-state index in [-0.39, 0.29) is 0 Å². The smallest absolute Gasteiger partial charge is 0.320 e. The molecule has 1 rings (SSSR count). The molecule has 0 saturated carbocycles. The third-order valence-electron chi connectivity index (χ3n) is 2.03. The minimum atomic E-state index is -0.854. The van der Waals surface area contributed by atoms with Gasteiger partial charge >= 0.3 is 5.97 Å². The Morgan fingerprint density at radius 3 is 2.75 bits per heavy atom. The second-order valence-electron chi connectivity index (χ2n) is 3.89. The van der Waals surface area contributed by atoms with Crippen LogP contribution in [0.1, 0.15) is 26.0 Å². The van der Waals surface area contributed by atoms with Crippen LogP contribution in [0.5, 0.6) is 0 Å². The molecule has 0 aliphatic rings. The second-order valence-corrected chi connectivity index (χ2v) is 5.25. The molecule has 1 atom stereocenters. The zero-order valence-corrected chi connectivity index (χ0v) is 10.7. The van der Waals surface area contributed by atoms with E-state index in [1.165, 1.54) is 0 Å². The number of nitrogens with zero attached hydrogens (tertiary/aromatic N) is 2. The van der Waals surface area contributed by atoms with Crippen LogP contribution >= 0.6 is 23.1 Å². The summed E-state index contributed by atoms with van der Waals surface area (Å²) in [4.78, 5) is 11.0. The number of rotatable bonds is 6. The van der Waals surface area contributed by atoms with Gasteiger partial charge in [-0.25, -0.2) is 0 Å². The zero-order chi connectivity index (χ0) is 12.1. The van der Waals surface area contributed by atoms with Crippen LogP contribution in [0.4, 0.5) is 0 Å². The molecule has 1 unspecified atom stereocenters. The van der Waals surface area contributed by atoms with Crippen LogP contribution in [0.25, 0.3) is 0 Å². The van der Waals surface area contributed by atoms with E-state index < -0.39 is 12.0 Å². The monoisotopic (exact) mass is 263 g/mol. The van der Waals surface area contributed by atoms with Crippen molar-refractivity contribution in [2.75, 3.05) is 0 Å². The Morgan fingerprint density at radius 2 is 2.31 bits per heavy atom. The maximum atomic E-state index is 11.0. The molecule has 0 bridgehead atoms. The van der Waals surface area contributed by atoms with Gasteiger partial charge in [0.1, 0.15) is 16.1 Å². The van der Waals surface area contributed by atoms with Crippen LogP contribution in [0.3, 0.4) is 0 Å². The van der Waals surface area contributed by atoms with Crippen LogP contribution in [-0.4, -0.2) is 26.7 Å². The highest BCUT2D eigenvalue weighted by Gasteiger charge is 2.19. The van der Waals surface area contributed by atoms with Gasteiger partial charge in [-0.15, -0.1) is 5.10 Å². The molecule has 7 heteroatoms. The fraction of sp³-hybridized carbons (Fsp3) is 0.667. The van der Waals surface area contributed by atoms with Crippen LogP contribution < -0.4 is 5.32 Å². The van der Waals surface area contributed by atoms with E-state index in [0.29, 0.717) is 28.9 Å². The summed E-state index contributed by atoms with van der Waals surface area (Å²) in [5, 5.41) is 15.7. The van der Waals surface area contributed by atoms with Gasteiger partial charge in [-0.05, 0) is 12.3 Å². The van der Waals surface area contributed by atoms with E-state index in [2.05, 4.69) is 14.9 Å². The van der Waals surface area contributed by atoms with Crippen molar-refractivity contribution in [1.82, 2.24) is 14.9 Å². The Bertz CT molecular complexity index is 356. The summed E-state index contributed by atoms with van der Waals surface area (Å²) >= 11 is 6.91. The molecule has 0 aliphatic carbocycles. The van der Waals surface area contributed by atoms with Crippen molar-refractivity contribution in [3.63, 3.8) is 0 Å². The fourth-order valence-electron chi connectivity index (χ4n) is 1.27. The molecule has 1 aromatic heterocycles. The molecule has 5 nitrogen and oxygen atoms in total. The summed E-state index contributed by atoms with van der Waals surface area (Å²) < 4.78 is 4.18. The average molecular weight is 264 g/mol. The van der Waals surface area contributed by atoms with Crippen molar-refractivity contribution in [2.45, 2.75) is 32.9 Å². The number of carboxylic acid groups (broad SMARTS) is 1. The Balaban J connectivity index is 2.50. The highest BCUT2D eigenvalue weighted by Crippen LogP contribution is 2.17. The SMILES string of the molecule is CC(C)CC(NCc1nnsc1Cl)C(=O)O. The first-order chi connectivity index (χ1) is 7.50. The number of hydrogen-bond donors (Lipinski definition) is 2. The number of aliphatic carboxylic acids is 1. The van der Waals surface area contributed by atoms with E-state index >= 15 is 0 Å². The first kappa shape index (κ1) is 13.3. The molecular weight excluding hydrogens is 250 g/mol. The molecule has 0 spiro atoms. The largest absolute Gasteiger partial charge is 0.480 e. The molecule has 0 radical (unpaired) electrons. The van der Waals surface area contributed by atoms with Crippen LogP contribution in [0.15, 0.2) is 0 Å². The number of halogens is 1. The Kier molecular flexibility index (Phi) is 5.11. The minimum Gasteiger partial charge on any atom is -0.480 e. The molecule has 0 saturated heterocycles. The topological polar surface area (TPSA) is 75.1 Å². The number of nitrogens with one attached hydrogen (secondary N) is 1. The van der Waals surface area contributed by atoms with Crippen molar-refractivity contribution in [3.05, 3.63) is 10.0 Å². The Labute approximate surface area is 103 Å². The van der Waals surface area contributed by atoms with Gasteiger partial charge in [0.2, 0.25) is 0 Å². The number of carboxylic acids is 1. The number of hydrogen-bond acceptors (Lipinski definition) is 5. The van der Waals surface area contributed by atoms with Crippen molar-refractivity contribution >= 4 is 29.1 Å². The average Bonchev–Trinajstić information content (AvgIpc) is 2.57. The highest BCUT2D eigenvalue weighted by atomic mass is 35.5. The molecule has 0 aliphatic heterocycles. The van der Waals surface area contributed by atoms with Gasteiger partial charge in [0.05, 0.1) is 0 Å². The number of carbonyl (C=O) groups is 1. The van der Waals surface area contributed by atoms with E-state index in [1.54, 1.807) is 0 Å². The van der Waals surface area contributed by atoms with Crippen LogP contribution in [0, 0.1) is 5.92 Å². The molecule has 0 fully saturated rings. The van der Waals surface area contributed by atoms with Crippen LogP contribution in [0.2, 0.25) is 4.34 Å². The van der Waals surface area contributed by atoms with E-state index in [4.69, 9.17) is 16.7 Å². The lowest BCUT2D eigenvalue weighted by Gasteiger charge is -2.15. The predicted molar refractivity (Wildman–Crippen MR) is 62.6 cm³/mol. The van der Waals surface area contributed by atoms with Crippen molar-refractivity contribution in [2.24, 2.45) is 5.92 Å². The zero-order valence-electron chi connectivity index (χ0n) is 9.11. The van der Waals surface area contributed by atoms with Gasteiger partial charge in [0.25, 0.3) is 0 Å².